The van der Waals surface area contributed by atoms with Gasteiger partial charge in [0.25, 0.3) is 0 Å². The molecule has 6 aromatic rings. The zero-order valence-electron chi connectivity index (χ0n) is 15.5. The molecule has 0 spiro atoms. The monoisotopic (exact) mass is 437 g/mol. The molecule has 138 valence electrons. The van der Waals surface area contributed by atoms with Crippen LogP contribution in [0.3, 0.4) is 0 Å². The van der Waals surface area contributed by atoms with Crippen LogP contribution in [-0.2, 0) is 0 Å². The van der Waals surface area contributed by atoms with E-state index in [1.165, 1.54) is 11.1 Å². The highest BCUT2D eigenvalue weighted by Gasteiger charge is 2.18. The molecule has 0 aliphatic carbocycles. The number of hydrogen-bond donors (Lipinski definition) is 0. The van der Waals surface area contributed by atoms with Gasteiger partial charge in [-0.2, -0.15) is 0 Å². The molecule has 4 aromatic carbocycles. The van der Waals surface area contributed by atoms with E-state index in [0.29, 0.717) is 0 Å². The van der Waals surface area contributed by atoms with Crippen molar-refractivity contribution in [1.82, 2.24) is 14.0 Å². The molecular formula is C25H16BrN3. The summed E-state index contributed by atoms with van der Waals surface area (Å²) in [5, 5.41) is 0. The zero-order chi connectivity index (χ0) is 19.4. The van der Waals surface area contributed by atoms with Gasteiger partial charge in [-0.25, -0.2) is 4.98 Å². The molecule has 0 N–H and O–H groups in total. The van der Waals surface area contributed by atoms with Crippen LogP contribution < -0.4 is 0 Å². The second kappa shape index (κ2) is 6.33. The molecule has 6 rings (SSSR count). The fourth-order valence-corrected chi connectivity index (χ4v) is 4.64. The molecule has 4 heteroatoms. The first kappa shape index (κ1) is 16.6. The van der Waals surface area contributed by atoms with Gasteiger partial charge in [-0.15, -0.1) is 0 Å². The van der Waals surface area contributed by atoms with Crippen molar-refractivity contribution < 1.29 is 0 Å². The Bertz CT molecular complexity index is 1510. The van der Waals surface area contributed by atoms with Crippen LogP contribution in [0.1, 0.15) is 0 Å². The minimum absolute atomic E-state index is 0.915. The fraction of sp³-hybridized carbons (Fsp3) is 0. The Labute approximate surface area is 176 Å². The van der Waals surface area contributed by atoms with Gasteiger partial charge in [-0.1, -0.05) is 60.7 Å². The van der Waals surface area contributed by atoms with Crippen molar-refractivity contribution in [2.45, 2.75) is 0 Å². The minimum atomic E-state index is 0.915. The summed E-state index contributed by atoms with van der Waals surface area (Å²) < 4.78 is 5.54. The lowest BCUT2D eigenvalue weighted by Crippen LogP contribution is -1.95. The van der Waals surface area contributed by atoms with Crippen molar-refractivity contribution in [2.75, 3.05) is 0 Å². The summed E-state index contributed by atoms with van der Waals surface area (Å²) >= 11 is 3.76. The summed E-state index contributed by atoms with van der Waals surface area (Å²) in [6.07, 6.45) is 0. The van der Waals surface area contributed by atoms with Gasteiger partial charge in [0.2, 0.25) is 5.78 Å². The highest BCUT2D eigenvalue weighted by molar-refractivity contribution is 9.10. The molecule has 29 heavy (non-hydrogen) atoms. The number of aromatic nitrogens is 3. The molecule has 0 bridgehead atoms. The molecule has 0 aliphatic rings. The van der Waals surface area contributed by atoms with E-state index >= 15 is 0 Å². The molecule has 0 unspecified atom stereocenters. The Kier molecular flexibility index (Phi) is 3.61. The molecule has 2 aromatic heterocycles. The maximum Gasteiger partial charge on any atom is 0.220 e. The van der Waals surface area contributed by atoms with E-state index in [4.69, 9.17) is 4.98 Å². The number of benzene rings is 4. The Hall–Kier alpha value is -3.37. The highest BCUT2D eigenvalue weighted by atomic mass is 79.9. The number of hydrogen-bond acceptors (Lipinski definition) is 1. The average Bonchev–Trinajstić information content (AvgIpc) is 3.29. The van der Waals surface area contributed by atoms with Crippen molar-refractivity contribution in [3.05, 3.63) is 102 Å². The minimum Gasteiger partial charge on any atom is -0.278 e. The van der Waals surface area contributed by atoms with Gasteiger partial charge >= 0.3 is 0 Å². The van der Waals surface area contributed by atoms with Gasteiger partial charge in [0.1, 0.15) is 0 Å². The van der Waals surface area contributed by atoms with Crippen molar-refractivity contribution in [3.63, 3.8) is 0 Å². The normalized spacial score (nSPS) is 11.6. The highest BCUT2D eigenvalue weighted by Crippen LogP contribution is 2.34. The van der Waals surface area contributed by atoms with Gasteiger partial charge in [0.05, 0.1) is 22.1 Å². The van der Waals surface area contributed by atoms with Gasteiger partial charge in [-0.05, 0) is 63.5 Å². The number of nitrogens with zero attached hydrogens (tertiary/aromatic N) is 3. The summed E-state index contributed by atoms with van der Waals surface area (Å²) in [7, 11) is 0. The number of imidazole rings is 2. The molecule has 0 saturated heterocycles. The third kappa shape index (κ3) is 2.46. The summed E-state index contributed by atoms with van der Waals surface area (Å²) in [5.74, 6) is 0.915. The Morgan fingerprint density at radius 2 is 1.38 bits per heavy atom. The van der Waals surface area contributed by atoms with E-state index in [9.17, 15) is 0 Å². The van der Waals surface area contributed by atoms with Crippen LogP contribution >= 0.6 is 15.9 Å². The van der Waals surface area contributed by atoms with E-state index in [1.54, 1.807) is 0 Å². The number of para-hydroxylation sites is 3. The molecule has 3 nitrogen and oxygen atoms in total. The van der Waals surface area contributed by atoms with Crippen molar-refractivity contribution in [3.8, 4) is 16.8 Å². The van der Waals surface area contributed by atoms with Crippen LogP contribution in [0.4, 0.5) is 0 Å². The Morgan fingerprint density at radius 3 is 2.28 bits per heavy atom. The van der Waals surface area contributed by atoms with Gasteiger partial charge < -0.3 is 0 Å². The lowest BCUT2D eigenvalue weighted by Gasteiger charge is -2.08. The second-order valence-electron chi connectivity index (χ2n) is 7.10. The average molecular weight is 438 g/mol. The maximum absolute atomic E-state index is 4.98. The van der Waals surface area contributed by atoms with Crippen LogP contribution in [0.5, 0.6) is 0 Å². The maximum atomic E-state index is 4.98. The van der Waals surface area contributed by atoms with E-state index in [1.807, 2.05) is 12.1 Å². The Balaban J connectivity index is 1.73. The van der Waals surface area contributed by atoms with E-state index < -0.39 is 0 Å². The molecule has 0 fully saturated rings. The predicted octanol–water partition coefficient (Wildman–Crippen LogP) is 6.86. The molecule has 0 amide bonds. The van der Waals surface area contributed by atoms with Crippen LogP contribution in [-0.4, -0.2) is 14.0 Å². The molecule has 2 heterocycles. The zero-order valence-corrected chi connectivity index (χ0v) is 17.0. The summed E-state index contributed by atoms with van der Waals surface area (Å²) in [6, 6.07) is 33.7. The largest absolute Gasteiger partial charge is 0.278 e. The first-order chi connectivity index (χ1) is 14.3. The van der Waals surface area contributed by atoms with Crippen molar-refractivity contribution in [2.24, 2.45) is 0 Å². The number of halogens is 1. The van der Waals surface area contributed by atoms with Crippen LogP contribution in [0.25, 0.3) is 44.7 Å². The van der Waals surface area contributed by atoms with E-state index in [0.717, 1.165) is 38.0 Å². The molecule has 0 radical (unpaired) electrons. The smallest absolute Gasteiger partial charge is 0.220 e. The third-order valence-corrected chi connectivity index (χ3v) is 6.02. The van der Waals surface area contributed by atoms with Crippen molar-refractivity contribution >= 4 is 43.8 Å². The van der Waals surface area contributed by atoms with Crippen LogP contribution in [0.15, 0.2) is 102 Å². The van der Waals surface area contributed by atoms with E-state index in [2.05, 4.69) is 110 Å². The standard InChI is InChI=1S/C25H16BrN3/c26-20-12-7-15-23-24(20)29-22-14-5-4-13-21(22)27-25(29)28(23)19-11-6-10-18(16-19)17-8-2-1-3-9-17/h1-16H. The van der Waals surface area contributed by atoms with Gasteiger partial charge in [-0.3, -0.25) is 8.97 Å². The molecule has 0 saturated carbocycles. The predicted molar refractivity (Wildman–Crippen MR) is 123 cm³/mol. The molecule has 0 aliphatic heterocycles. The topological polar surface area (TPSA) is 22.2 Å². The Morgan fingerprint density at radius 1 is 0.655 bits per heavy atom. The number of rotatable bonds is 2. The molecular weight excluding hydrogens is 422 g/mol. The lowest BCUT2D eigenvalue weighted by molar-refractivity contribution is 1.11. The van der Waals surface area contributed by atoms with Crippen LogP contribution in [0.2, 0.25) is 0 Å². The first-order valence-electron chi connectivity index (χ1n) is 9.53. The number of fused-ring (bicyclic) bond motifs is 5. The second-order valence-corrected chi connectivity index (χ2v) is 7.95. The van der Waals surface area contributed by atoms with Crippen molar-refractivity contribution in [1.29, 1.82) is 0 Å². The summed E-state index contributed by atoms with van der Waals surface area (Å²) in [5.41, 5.74) is 7.84. The molecule has 0 atom stereocenters. The van der Waals surface area contributed by atoms with E-state index in [-0.39, 0.29) is 0 Å². The quantitative estimate of drug-likeness (QED) is 0.290. The first-order valence-corrected chi connectivity index (χ1v) is 10.3. The van der Waals surface area contributed by atoms with Gasteiger partial charge in [0.15, 0.2) is 0 Å². The fourth-order valence-electron chi connectivity index (χ4n) is 4.11. The SMILES string of the molecule is Brc1cccc2c1n1c3ccccc3nc1n2-c1cccc(-c2ccccc2)c1. The third-order valence-electron chi connectivity index (χ3n) is 5.38. The summed E-state index contributed by atoms with van der Waals surface area (Å²) in [6.45, 7) is 0. The van der Waals surface area contributed by atoms with Gasteiger partial charge in [0, 0.05) is 10.2 Å². The van der Waals surface area contributed by atoms with Crippen LogP contribution in [0, 0.1) is 0 Å². The summed E-state index contributed by atoms with van der Waals surface area (Å²) in [4.78, 5) is 4.98. The lowest BCUT2D eigenvalue weighted by atomic mass is 10.1.